The summed E-state index contributed by atoms with van der Waals surface area (Å²) in [6, 6.07) is 4.17. The Hall–Kier alpha value is -2.21. The predicted octanol–water partition coefficient (Wildman–Crippen LogP) is 3.90. The van der Waals surface area contributed by atoms with Crippen LogP contribution in [0.3, 0.4) is 0 Å². The highest BCUT2D eigenvalue weighted by molar-refractivity contribution is 7.13. The third kappa shape index (κ3) is 2.87. The SMILES string of the molecule is Cc1cc2occ(CC(=O)Nc3nncs3)c2cc1C(C)C. The number of nitrogens with zero attached hydrogens (tertiary/aromatic N) is 2. The number of anilines is 1. The molecule has 0 saturated heterocycles. The molecular weight excluding hydrogens is 298 g/mol. The van der Waals surface area contributed by atoms with Gasteiger partial charge in [0.2, 0.25) is 11.0 Å². The van der Waals surface area contributed by atoms with E-state index in [-0.39, 0.29) is 12.3 Å². The predicted molar refractivity (Wildman–Crippen MR) is 87.3 cm³/mol. The van der Waals surface area contributed by atoms with Crippen molar-refractivity contribution in [2.24, 2.45) is 0 Å². The van der Waals surface area contributed by atoms with Gasteiger partial charge in [0.15, 0.2) is 0 Å². The Morgan fingerprint density at radius 1 is 1.41 bits per heavy atom. The average molecular weight is 315 g/mol. The minimum atomic E-state index is -0.119. The molecule has 0 spiro atoms. The summed E-state index contributed by atoms with van der Waals surface area (Å²) in [6.07, 6.45) is 1.92. The Morgan fingerprint density at radius 2 is 2.23 bits per heavy atom. The first-order valence-electron chi connectivity index (χ1n) is 7.11. The second kappa shape index (κ2) is 5.88. The first kappa shape index (κ1) is 14.7. The van der Waals surface area contributed by atoms with Gasteiger partial charge >= 0.3 is 0 Å². The number of fused-ring (bicyclic) bond motifs is 1. The Kier molecular flexibility index (Phi) is 3.94. The fourth-order valence-corrected chi connectivity index (χ4v) is 3.03. The molecule has 114 valence electrons. The lowest BCUT2D eigenvalue weighted by Crippen LogP contribution is -2.14. The molecule has 0 atom stereocenters. The summed E-state index contributed by atoms with van der Waals surface area (Å²) in [7, 11) is 0. The lowest BCUT2D eigenvalue weighted by molar-refractivity contribution is -0.115. The van der Waals surface area contributed by atoms with E-state index in [2.05, 4.69) is 42.4 Å². The van der Waals surface area contributed by atoms with Crippen molar-refractivity contribution in [3.05, 3.63) is 40.6 Å². The summed E-state index contributed by atoms with van der Waals surface area (Å²) in [5, 5.41) is 11.8. The van der Waals surface area contributed by atoms with Gasteiger partial charge in [0.05, 0.1) is 12.7 Å². The van der Waals surface area contributed by atoms with E-state index in [0.717, 1.165) is 16.5 Å². The maximum atomic E-state index is 12.1. The second-order valence-corrected chi connectivity index (χ2v) is 6.42. The van der Waals surface area contributed by atoms with Crippen LogP contribution in [0.5, 0.6) is 0 Å². The first-order valence-corrected chi connectivity index (χ1v) is 7.99. The zero-order valence-electron chi connectivity index (χ0n) is 12.7. The Labute approximate surface area is 132 Å². The van der Waals surface area contributed by atoms with E-state index in [1.807, 2.05) is 6.07 Å². The third-order valence-electron chi connectivity index (χ3n) is 3.62. The highest BCUT2D eigenvalue weighted by atomic mass is 32.1. The minimum absolute atomic E-state index is 0.119. The van der Waals surface area contributed by atoms with E-state index >= 15 is 0 Å². The van der Waals surface area contributed by atoms with E-state index in [0.29, 0.717) is 11.0 Å². The number of amides is 1. The summed E-state index contributed by atoms with van der Waals surface area (Å²) in [4.78, 5) is 12.1. The molecule has 0 aliphatic carbocycles. The second-order valence-electron chi connectivity index (χ2n) is 5.59. The van der Waals surface area contributed by atoms with Crippen molar-refractivity contribution in [1.29, 1.82) is 0 Å². The van der Waals surface area contributed by atoms with Crippen LogP contribution in [0.4, 0.5) is 5.13 Å². The van der Waals surface area contributed by atoms with Gasteiger partial charge in [0.25, 0.3) is 0 Å². The number of aromatic nitrogens is 2. The number of carbonyl (C=O) groups excluding carboxylic acids is 1. The zero-order chi connectivity index (χ0) is 15.7. The monoisotopic (exact) mass is 315 g/mol. The molecule has 3 rings (SSSR count). The zero-order valence-corrected chi connectivity index (χ0v) is 13.5. The Bertz CT molecular complexity index is 806. The number of hydrogen-bond acceptors (Lipinski definition) is 5. The van der Waals surface area contributed by atoms with Crippen molar-refractivity contribution in [2.45, 2.75) is 33.1 Å². The van der Waals surface area contributed by atoms with E-state index in [4.69, 9.17) is 4.42 Å². The van der Waals surface area contributed by atoms with Gasteiger partial charge in [-0.1, -0.05) is 25.2 Å². The van der Waals surface area contributed by atoms with Gasteiger partial charge in [0.1, 0.15) is 11.1 Å². The van der Waals surface area contributed by atoms with Gasteiger partial charge in [-0.2, -0.15) is 0 Å². The normalized spacial score (nSPS) is 11.3. The molecule has 1 N–H and O–H groups in total. The van der Waals surface area contributed by atoms with Gasteiger partial charge < -0.3 is 9.73 Å². The summed E-state index contributed by atoms with van der Waals surface area (Å²) in [5.74, 6) is 0.313. The lowest BCUT2D eigenvalue weighted by Gasteiger charge is -2.09. The number of hydrogen-bond donors (Lipinski definition) is 1. The fourth-order valence-electron chi connectivity index (χ4n) is 2.57. The first-order chi connectivity index (χ1) is 10.5. The number of furan rings is 1. The highest BCUT2D eigenvalue weighted by Gasteiger charge is 2.14. The molecule has 0 aliphatic rings. The Balaban J connectivity index is 1.87. The largest absolute Gasteiger partial charge is 0.464 e. The van der Waals surface area contributed by atoms with Crippen LogP contribution in [0.2, 0.25) is 0 Å². The molecular formula is C16H17N3O2S. The number of carbonyl (C=O) groups is 1. The molecule has 2 aromatic heterocycles. The molecule has 6 heteroatoms. The van der Waals surface area contributed by atoms with Crippen LogP contribution in [0, 0.1) is 6.92 Å². The molecule has 1 aromatic carbocycles. The van der Waals surface area contributed by atoms with Crippen molar-refractivity contribution >= 4 is 33.3 Å². The topological polar surface area (TPSA) is 68.0 Å². The van der Waals surface area contributed by atoms with Crippen LogP contribution in [-0.4, -0.2) is 16.1 Å². The summed E-state index contributed by atoms with van der Waals surface area (Å²) < 4.78 is 5.60. The van der Waals surface area contributed by atoms with Crippen molar-refractivity contribution in [3.63, 3.8) is 0 Å². The van der Waals surface area contributed by atoms with Crippen molar-refractivity contribution in [1.82, 2.24) is 10.2 Å². The van der Waals surface area contributed by atoms with Gasteiger partial charge in [-0.25, -0.2) is 0 Å². The molecule has 0 unspecified atom stereocenters. The van der Waals surface area contributed by atoms with Crippen LogP contribution < -0.4 is 5.32 Å². The number of benzene rings is 1. The maximum absolute atomic E-state index is 12.1. The standard InChI is InChI=1S/C16H17N3O2S/c1-9(2)12-6-13-11(7-21-14(13)4-10(12)3)5-15(20)18-16-19-17-8-22-16/h4,6-9H,5H2,1-3H3,(H,18,19,20). The van der Waals surface area contributed by atoms with Crippen LogP contribution in [0.1, 0.15) is 36.5 Å². The van der Waals surface area contributed by atoms with Crippen LogP contribution in [0.15, 0.2) is 28.3 Å². The van der Waals surface area contributed by atoms with Crippen molar-refractivity contribution in [2.75, 3.05) is 5.32 Å². The van der Waals surface area contributed by atoms with E-state index in [1.54, 1.807) is 11.8 Å². The van der Waals surface area contributed by atoms with E-state index in [9.17, 15) is 4.79 Å². The molecule has 0 radical (unpaired) electrons. The van der Waals surface area contributed by atoms with Crippen LogP contribution >= 0.6 is 11.3 Å². The van der Waals surface area contributed by atoms with Crippen LogP contribution in [-0.2, 0) is 11.2 Å². The number of rotatable bonds is 4. The minimum Gasteiger partial charge on any atom is -0.464 e. The molecule has 1 amide bonds. The summed E-state index contributed by atoms with van der Waals surface area (Å²) in [6.45, 7) is 6.41. The molecule has 0 bridgehead atoms. The quantitative estimate of drug-likeness (QED) is 0.793. The van der Waals surface area contributed by atoms with E-state index in [1.165, 1.54) is 22.5 Å². The molecule has 0 aliphatic heterocycles. The smallest absolute Gasteiger partial charge is 0.230 e. The molecule has 2 heterocycles. The summed E-state index contributed by atoms with van der Waals surface area (Å²) >= 11 is 1.30. The molecule has 5 nitrogen and oxygen atoms in total. The maximum Gasteiger partial charge on any atom is 0.230 e. The van der Waals surface area contributed by atoms with Crippen LogP contribution in [0.25, 0.3) is 11.0 Å². The van der Waals surface area contributed by atoms with Gasteiger partial charge in [0, 0.05) is 10.9 Å². The molecule has 0 fully saturated rings. The number of nitrogens with one attached hydrogen (secondary N) is 1. The van der Waals surface area contributed by atoms with E-state index < -0.39 is 0 Å². The van der Waals surface area contributed by atoms with Crippen molar-refractivity contribution < 1.29 is 9.21 Å². The van der Waals surface area contributed by atoms with Crippen molar-refractivity contribution in [3.8, 4) is 0 Å². The Morgan fingerprint density at radius 3 is 2.91 bits per heavy atom. The highest BCUT2D eigenvalue weighted by Crippen LogP contribution is 2.29. The third-order valence-corrected chi connectivity index (χ3v) is 4.23. The van der Waals surface area contributed by atoms with Gasteiger partial charge in [-0.05, 0) is 36.1 Å². The number of aryl methyl sites for hydroxylation is 1. The molecule has 0 saturated carbocycles. The summed E-state index contributed by atoms with van der Waals surface area (Å²) in [5.41, 5.74) is 5.78. The average Bonchev–Trinajstić information content (AvgIpc) is 3.08. The van der Waals surface area contributed by atoms with Gasteiger partial charge in [-0.15, -0.1) is 10.2 Å². The fraction of sp³-hybridized carbons (Fsp3) is 0.312. The lowest BCUT2D eigenvalue weighted by atomic mass is 9.95. The molecule has 22 heavy (non-hydrogen) atoms. The molecule has 3 aromatic rings. The van der Waals surface area contributed by atoms with Gasteiger partial charge in [-0.3, -0.25) is 4.79 Å².